The van der Waals surface area contributed by atoms with E-state index in [9.17, 15) is 13.2 Å². The quantitative estimate of drug-likeness (QED) is 0.708. The molecule has 0 saturated heterocycles. The summed E-state index contributed by atoms with van der Waals surface area (Å²) in [6.45, 7) is 3.67. The molecule has 78 valence electrons. The van der Waals surface area contributed by atoms with E-state index in [1.807, 2.05) is 13.8 Å². The van der Waals surface area contributed by atoms with Gasteiger partial charge in [-0.2, -0.15) is 13.2 Å². The maximum Gasteiger partial charge on any atom is 0.419 e. The SMILES string of the molecule is CC(C)Sc1ncccc1C(F)(F)F. The van der Waals surface area contributed by atoms with E-state index in [4.69, 9.17) is 0 Å². The largest absolute Gasteiger partial charge is 0.419 e. The topological polar surface area (TPSA) is 12.9 Å². The summed E-state index contributed by atoms with van der Waals surface area (Å²) < 4.78 is 37.3. The highest BCUT2D eigenvalue weighted by Gasteiger charge is 2.34. The van der Waals surface area contributed by atoms with E-state index in [1.165, 1.54) is 12.3 Å². The van der Waals surface area contributed by atoms with Gasteiger partial charge in [0.1, 0.15) is 5.03 Å². The minimum atomic E-state index is -4.31. The summed E-state index contributed by atoms with van der Waals surface area (Å²) in [7, 11) is 0. The molecule has 1 aromatic rings. The molecule has 14 heavy (non-hydrogen) atoms. The highest BCUT2D eigenvalue weighted by atomic mass is 32.2. The molecule has 0 bridgehead atoms. The molecular weight excluding hydrogens is 211 g/mol. The summed E-state index contributed by atoms with van der Waals surface area (Å²) in [4.78, 5) is 3.73. The number of hydrogen-bond donors (Lipinski definition) is 0. The van der Waals surface area contributed by atoms with Crippen LogP contribution in [-0.2, 0) is 6.18 Å². The van der Waals surface area contributed by atoms with Crippen LogP contribution < -0.4 is 0 Å². The number of pyridine rings is 1. The number of halogens is 3. The molecule has 0 saturated carbocycles. The fraction of sp³-hybridized carbons (Fsp3) is 0.444. The third kappa shape index (κ3) is 2.90. The molecule has 1 nitrogen and oxygen atoms in total. The Morgan fingerprint density at radius 1 is 1.36 bits per heavy atom. The lowest BCUT2D eigenvalue weighted by Gasteiger charge is -2.12. The molecule has 1 rings (SSSR count). The van der Waals surface area contributed by atoms with Crippen molar-refractivity contribution in [1.82, 2.24) is 4.98 Å². The van der Waals surface area contributed by atoms with E-state index < -0.39 is 11.7 Å². The van der Waals surface area contributed by atoms with Crippen LogP contribution >= 0.6 is 11.8 Å². The number of aromatic nitrogens is 1. The first-order valence-corrected chi connectivity index (χ1v) is 4.98. The van der Waals surface area contributed by atoms with Gasteiger partial charge >= 0.3 is 6.18 Å². The van der Waals surface area contributed by atoms with Crippen LogP contribution in [0.2, 0.25) is 0 Å². The van der Waals surface area contributed by atoms with Gasteiger partial charge in [-0.1, -0.05) is 13.8 Å². The summed E-state index contributed by atoms with van der Waals surface area (Å²) >= 11 is 1.12. The number of nitrogens with zero attached hydrogens (tertiary/aromatic N) is 1. The van der Waals surface area contributed by atoms with Crippen molar-refractivity contribution in [2.24, 2.45) is 0 Å². The number of thioether (sulfide) groups is 1. The van der Waals surface area contributed by atoms with Crippen LogP contribution in [0.25, 0.3) is 0 Å². The van der Waals surface area contributed by atoms with Crippen molar-refractivity contribution < 1.29 is 13.2 Å². The Morgan fingerprint density at radius 3 is 2.50 bits per heavy atom. The van der Waals surface area contributed by atoms with E-state index in [0.29, 0.717) is 0 Å². The maximum atomic E-state index is 12.4. The highest BCUT2D eigenvalue weighted by Crippen LogP contribution is 2.36. The summed E-state index contributed by atoms with van der Waals surface area (Å²) in [5, 5.41) is 0.140. The summed E-state index contributed by atoms with van der Waals surface area (Å²) in [5.41, 5.74) is -0.654. The lowest BCUT2D eigenvalue weighted by molar-refractivity contribution is -0.140. The van der Waals surface area contributed by atoms with Crippen LogP contribution in [0.15, 0.2) is 23.4 Å². The van der Waals surface area contributed by atoms with Crippen LogP contribution in [0, 0.1) is 0 Å². The number of alkyl halides is 3. The molecule has 5 heteroatoms. The Balaban J connectivity index is 3.04. The molecule has 0 spiro atoms. The van der Waals surface area contributed by atoms with Gasteiger partial charge < -0.3 is 0 Å². The molecule has 0 aromatic carbocycles. The molecule has 0 N–H and O–H groups in total. The van der Waals surface area contributed by atoms with Crippen molar-refractivity contribution in [3.8, 4) is 0 Å². The first-order valence-electron chi connectivity index (χ1n) is 4.10. The molecule has 1 aromatic heterocycles. The third-order valence-electron chi connectivity index (χ3n) is 1.42. The van der Waals surface area contributed by atoms with Gasteiger partial charge in [-0.3, -0.25) is 0 Å². The van der Waals surface area contributed by atoms with Crippen molar-refractivity contribution in [2.75, 3.05) is 0 Å². The standard InChI is InChI=1S/C9H10F3NS/c1-6(2)14-8-7(9(10,11)12)4-3-5-13-8/h3-6H,1-2H3. The summed E-state index contributed by atoms with van der Waals surface area (Å²) in [6, 6.07) is 2.35. The second kappa shape index (κ2) is 4.21. The van der Waals surface area contributed by atoms with Crippen LogP contribution in [0.1, 0.15) is 19.4 Å². The van der Waals surface area contributed by atoms with Crippen molar-refractivity contribution >= 4 is 11.8 Å². The number of rotatable bonds is 2. The lowest BCUT2D eigenvalue weighted by Crippen LogP contribution is -2.08. The van der Waals surface area contributed by atoms with Gasteiger partial charge in [0.2, 0.25) is 0 Å². The predicted molar refractivity (Wildman–Crippen MR) is 50.2 cm³/mol. The molecule has 0 aliphatic carbocycles. The van der Waals surface area contributed by atoms with Crippen LogP contribution in [0.3, 0.4) is 0 Å². The second-order valence-corrected chi connectivity index (χ2v) is 4.59. The smallest absolute Gasteiger partial charge is 0.249 e. The second-order valence-electron chi connectivity index (χ2n) is 3.02. The average molecular weight is 221 g/mol. The van der Waals surface area contributed by atoms with Crippen LogP contribution in [0.4, 0.5) is 13.2 Å². The molecule has 0 atom stereocenters. The van der Waals surface area contributed by atoms with Gasteiger partial charge in [0.05, 0.1) is 5.56 Å². The third-order valence-corrected chi connectivity index (χ3v) is 2.44. The number of hydrogen-bond acceptors (Lipinski definition) is 2. The molecule has 1 heterocycles. The van der Waals surface area contributed by atoms with Crippen molar-refractivity contribution in [3.63, 3.8) is 0 Å². The molecule has 0 amide bonds. The Kier molecular flexibility index (Phi) is 3.42. The van der Waals surface area contributed by atoms with Crippen molar-refractivity contribution in [2.45, 2.75) is 30.3 Å². The fourth-order valence-corrected chi connectivity index (χ4v) is 1.80. The Hall–Kier alpha value is -0.710. The van der Waals surface area contributed by atoms with Crippen LogP contribution in [-0.4, -0.2) is 10.2 Å². The zero-order valence-electron chi connectivity index (χ0n) is 7.80. The highest BCUT2D eigenvalue weighted by molar-refractivity contribution is 7.99. The minimum absolute atomic E-state index is 0.0509. The molecule has 0 aliphatic heterocycles. The molecule has 0 aliphatic rings. The van der Waals surface area contributed by atoms with Gasteiger partial charge in [-0.25, -0.2) is 4.98 Å². The van der Waals surface area contributed by atoms with Gasteiger partial charge in [0.15, 0.2) is 0 Å². The predicted octanol–water partition coefficient (Wildman–Crippen LogP) is 3.60. The summed E-state index contributed by atoms with van der Waals surface area (Å²) in [5.74, 6) is 0. The Morgan fingerprint density at radius 2 is 2.00 bits per heavy atom. The van der Waals surface area contributed by atoms with Crippen LogP contribution in [0.5, 0.6) is 0 Å². The monoisotopic (exact) mass is 221 g/mol. The van der Waals surface area contributed by atoms with Crippen molar-refractivity contribution in [3.05, 3.63) is 23.9 Å². The fourth-order valence-electron chi connectivity index (χ4n) is 0.924. The maximum absolute atomic E-state index is 12.4. The van der Waals surface area contributed by atoms with E-state index in [-0.39, 0.29) is 10.3 Å². The minimum Gasteiger partial charge on any atom is -0.249 e. The molecule has 0 radical (unpaired) electrons. The van der Waals surface area contributed by atoms with Crippen molar-refractivity contribution in [1.29, 1.82) is 0 Å². The lowest BCUT2D eigenvalue weighted by atomic mass is 10.3. The Labute approximate surface area is 84.7 Å². The zero-order valence-corrected chi connectivity index (χ0v) is 8.62. The van der Waals surface area contributed by atoms with E-state index in [0.717, 1.165) is 17.8 Å². The first-order chi connectivity index (χ1) is 6.41. The van der Waals surface area contributed by atoms with Gasteiger partial charge in [-0.15, -0.1) is 11.8 Å². The van der Waals surface area contributed by atoms with E-state index in [2.05, 4.69) is 4.98 Å². The van der Waals surface area contributed by atoms with E-state index in [1.54, 1.807) is 0 Å². The zero-order chi connectivity index (χ0) is 10.8. The first kappa shape index (κ1) is 11.4. The van der Waals surface area contributed by atoms with E-state index >= 15 is 0 Å². The summed E-state index contributed by atoms with van der Waals surface area (Å²) in [6.07, 6.45) is -2.94. The normalized spacial score (nSPS) is 12.1. The van der Waals surface area contributed by atoms with Gasteiger partial charge in [-0.05, 0) is 12.1 Å². The molecule has 0 unspecified atom stereocenters. The van der Waals surface area contributed by atoms with Gasteiger partial charge in [0.25, 0.3) is 0 Å². The Bertz CT molecular complexity index is 309. The molecular formula is C9H10F3NS. The molecule has 0 fully saturated rings. The average Bonchev–Trinajstić information content (AvgIpc) is 2.01. The van der Waals surface area contributed by atoms with Gasteiger partial charge in [0, 0.05) is 11.4 Å².